The molecule has 0 aromatic heterocycles. The number of benzene rings is 3. The zero-order valence-corrected chi connectivity index (χ0v) is 20.5. The number of alkyl halides is 3. The van der Waals surface area contributed by atoms with Crippen molar-refractivity contribution in [1.29, 1.82) is 0 Å². The maximum absolute atomic E-state index is 13.6. The molecule has 202 valence electrons. The van der Waals surface area contributed by atoms with Crippen LogP contribution in [-0.4, -0.2) is 48.1 Å². The van der Waals surface area contributed by atoms with Crippen molar-refractivity contribution in [2.45, 2.75) is 18.6 Å². The fourth-order valence-electron chi connectivity index (χ4n) is 4.98. The lowest BCUT2D eigenvalue weighted by Gasteiger charge is -2.45. The van der Waals surface area contributed by atoms with Gasteiger partial charge in [0.05, 0.1) is 18.0 Å². The summed E-state index contributed by atoms with van der Waals surface area (Å²) in [4.78, 5) is 33.6. The number of piperazine rings is 1. The maximum Gasteiger partial charge on any atom is 0.416 e. The molecule has 1 atom stereocenters. The lowest BCUT2D eigenvalue weighted by molar-refractivity contribution is -0.138. The van der Waals surface area contributed by atoms with Crippen molar-refractivity contribution in [3.63, 3.8) is 0 Å². The molecule has 0 saturated carbocycles. The summed E-state index contributed by atoms with van der Waals surface area (Å²) in [5.74, 6) is -1.30. The Morgan fingerprint density at radius 1 is 0.949 bits per heavy atom. The standard InChI is InChI=1S/C27H23F4N5O3/c28-18-7-9-19(10-8-18)34-11-13-35(14-12-34)26-32-25-21(5-2-6-22(25)33-39)23(16-24(37)38)36(26)20-4-1-3-17(15-20)27(29,30)31/h1-10,15,23H,11-14,16H2,(H,37,38). The van der Waals surface area contributed by atoms with Crippen molar-refractivity contribution in [1.82, 2.24) is 4.90 Å². The first kappa shape index (κ1) is 26.1. The first-order valence-corrected chi connectivity index (χ1v) is 12.1. The summed E-state index contributed by atoms with van der Waals surface area (Å²) < 4.78 is 54.3. The van der Waals surface area contributed by atoms with Gasteiger partial charge in [0, 0.05) is 43.1 Å². The van der Waals surface area contributed by atoms with Gasteiger partial charge in [-0.15, -0.1) is 4.91 Å². The highest BCUT2D eigenvalue weighted by atomic mass is 19.4. The van der Waals surface area contributed by atoms with Crippen LogP contribution < -0.4 is 9.80 Å². The average molecular weight is 542 g/mol. The fraction of sp³-hybridized carbons (Fsp3) is 0.259. The molecule has 2 aliphatic heterocycles. The molecule has 1 fully saturated rings. The first-order chi connectivity index (χ1) is 18.7. The maximum atomic E-state index is 13.6. The molecule has 3 aromatic carbocycles. The topological polar surface area (TPSA) is 88.8 Å². The minimum atomic E-state index is -4.61. The highest BCUT2D eigenvalue weighted by molar-refractivity contribution is 6.02. The Morgan fingerprint density at radius 2 is 1.62 bits per heavy atom. The summed E-state index contributed by atoms with van der Waals surface area (Å²) in [6.07, 6.45) is -5.07. The van der Waals surface area contributed by atoms with Gasteiger partial charge in [0.2, 0.25) is 5.96 Å². The number of nitrogens with zero attached hydrogens (tertiary/aromatic N) is 5. The lowest BCUT2D eigenvalue weighted by Crippen LogP contribution is -2.55. The number of para-hydroxylation sites is 1. The Hall–Kier alpha value is -4.48. The molecule has 1 saturated heterocycles. The molecular weight excluding hydrogens is 518 g/mol. The summed E-state index contributed by atoms with van der Waals surface area (Å²) >= 11 is 0. The number of carbonyl (C=O) groups is 1. The van der Waals surface area contributed by atoms with Gasteiger partial charge in [0.15, 0.2) is 0 Å². The molecule has 2 aliphatic rings. The minimum absolute atomic E-state index is 0.00836. The molecule has 0 radical (unpaired) electrons. The van der Waals surface area contributed by atoms with Crippen LogP contribution in [0, 0.1) is 10.7 Å². The van der Waals surface area contributed by atoms with Gasteiger partial charge < -0.3 is 19.8 Å². The fourth-order valence-corrected chi connectivity index (χ4v) is 4.98. The Bertz CT molecular complexity index is 1420. The number of hydrogen-bond donors (Lipinski definition) is 1. The number of carboxylic acids is 1. The Balaban J connectivity index is 1.58. The monoisotopic (exact) mass is 541 g/mol. The summed E-state index contributed by atoms with van der Waals surface area (Å²) in [5.41, 5.74) is 0.625. The van der Waals surface area contributed by atoms with Gasteiger partial charge in [-0.2, -0.15) is 13.2 Å². The number of nitroso groups, excluding NO2 is 1. The minimum Gasteiger partial charge on any atom is -0.481 e. The van der Waals surface area contributed by atoms with Crippen LogP contribution in [0.15, 0.2) is 76.9 Å². The van der Waals surface area contributed by atoms with E-state index >= 15 is 0 Å². The van der Waals surface area contributed by atoms with Crippen LogP contribution in [0.1, 0.15) is 23.6 Å². The molecule has 1 N–H and O–H groups in total. The smallest absolute Gasteiger partial charge is 0.416 e. The molecular formula is C27H23F4N5O3. The molecule has 12 heteroatoms. The van der Waals surface area contributed by atoms with E-state index in [1.54, 1.807) is 18.2 Å². The zero-order chi connectivity index (χ0) is 27.7. The van der Waals surface area contributed by atoms with Gasteiger partial charge in [0.1, 0.15) is 17.2 Å². The van der Waals surface area contributed by atoms with E-state index in [1.807, 2.05) is 9.80 Å². The van der Waals surface area contributed by atoms with E-state index in [1.165, 1.54) is 41.3 Å². The van der Waals surface area contributed by atoms with E-state index in [9.17, 15) is 32.4 Å². The van der Waals surface area contributed by atoms with Crippen LogP contribution in [0.25, 0.3) is 0 Å². The quantitative estimate of drug-likeness (QED) is 0.311. The number of aliphatic carboxylic acids is 1. The number of aliphatic imine (C=N–C) groups is 1. The summed E-state index contributed by atoms with van der Waals surface area (Å²) in [5, 5.41) is 12.8. The second-order valence-corrected chi connectivity index (χ2v) is 9.20. The number of carboxylic acid groups (broad SMARTS) is 1. The highest BCUT2D eigenvalue weighted by Crippen LogP contribution is 2.45. The third kappa shape index (κ3) is 5.27. The molecule has 2 heterocycles. The van der Waals surface area contributed by atoms with E-state index in [4.69, 9.17) is 0 Å². The third-order valence-corrected chi connectivity index (χ3v) is 6.82. The van der Waals surface area contributed by atoms with Crippen molar-refractivity contribution in [3.05, 3.63) is 88.6 Å². The van der Waals surface area contributed by atoms with Crippen LogP contribution in [0.3, 0.4) is 0 Å². The molecule has 3 aromatic rings. The average Bonchev–Trinajstić information content (AvgIpc) is 2.92. The van der Waals surface area contributed by atoms with Crippen LogP contribution >= 0.6 is 0 Å². The van der Waals surface area contributed by atoms with Gasteiger partial charge in [0.25, 0.3) is 0 Å². The Labute approximate surface area is 220 Å². The summed E-state index contributed by atoms with van der Waals surface area (Å²) in [6, 6.07) is 14.3. The SMILES string of the molecule is O=Nc1cccc2c1N=C(N1CCN(c3ccc(F)cc3)CC1)N(c1cccc(C(F)(F)F)c1)C2CC(=O)O. The van der Waals surface area contributed by atoms with E-state index in [2.05, 4.69) is 10.2 Å². The molecule has 39 heavy (non-hydrogen) atoms. The first-order valence-electron chi connectivity index (χ1n) is 12.1. The van der Waals surface area contributed by atoms with Crippen molar-refractivity contribution in [2.24, 2.45) is 10.2 Å². The van der Waals surface area contributed by atoms with E-state index in [0.717, 1.165) is 17.8 Å². The largest absolute Gasteiger partial charge is 0.481 e. The molecule has 8 nitrogen and oxygen atoms in total. The van der Waals surface area contributed by atoms with Crippen molar-refractivity contribution >= 4 is 34.7 Å². The van der Waals surface area contributed by atoms with Crippen molar-refractivity contribution < 1.29 is 27.5 Å². The van der Waals surface area contributed by atoms with Gasteiger partial charge in [-0.05, 0) is 53.7 Å². The summed E-state index contributed by atoms with van der Waals surface area (Å²) in [6.45, 7) is 1.76. The summed E-state index contributed by atoms with van der Waals surface area (Å²) in [7, 11) is 0. The number of hydrogen-bond acceptors (Lipinski definition) is 7. The molecule has 5 rings (SSSR count). The van der Waals surface area contributed by atoms with E-state index in [-0.39, 0.29) is 28.8 Å². The van der Waals surface area contributed by atoms with Gasteiger partial charge in [-0.25, -0.2) is 9.38 Å². The Morgan fingerprint density at radius 3 is 2.26 bits per heavy atom. The number of halogens is 4. The van der Waals surface area contributed by atoms with Crippen molar-refractivity contribution in [3.8, 4) is 0 Å². The Kier molecular flexibility index (Phi) is 6.94. The van der Waals surface area contributed by atoms with E-state index < -0.39 is 30.2 Å². The van der Waals surface area contributed by atoms with Gasteiger partial charge in [-0.3, -0.25) is 4.79 Å². The molecule has 0 spiro atoms. The van der Waals surface area contributed by atoms with Crippen molar-refractivity contribution in [2.75, 3.05) is 36.0 Å². The number of rotatable bonds is 5. The molecule has 1 unspecified atom stereocenters. The van der Waals surface area contributed by atoms with Crippen LogP contribution in [0.4, 0.5) is 40.3 Å². The second-order valence-electron chi connectivity index (χ2n) is 9.20. The number of fused-ring (bicyclic) bond motifs is 1. The number of guanidine groups is 1. The number of anilines is 2. The second kappa shape index (κ2) is 10.4. The normalized spacial score (nSPS) is 17.5. The van der Waals surface area contributed by atoms with Crippen LogP contribution in [-0.2, 0) is 11.0 Å². The lowest BCUT2D eigenvalue weighted by atomic mass is 9.96. The predicted octanol–water partition coefficient (Wildman–Crippen LogP) is 6.09. The highest BCUT2D eigenvalue weighted by Gasteiger charge is 2.39. The third-order valence-electron chi connectivity index (χ3n) is 6.82. The molecule has 0 amide bonds. The van der Waals surface area contributed by atoms with Gasteiger partial charge >= 0.3 is 12.1 Å². The van der Waals surface area contributed by atoms with Crippen LogP contribution in [0.5, 0.6) is 0 Å². The van der Waals surface area contributed by atoms with Crippen LogP contribution in [0.2, 0.25) is 0 Å². The zero-order valence-electron chi connectivity index (χ0n) is 20.5. The van der Waals surface area contributed by atoms with E-state index in [0.29, 0.717) is 31.7 Å². The molecule has 0 aliphatic carbocycles. The molecule has 0 bridgehead atoms. The van der Waals surface area contributed by atoms with Gasteiger partial charge in [-0.1, -0.05) is 18.2 Å². The predicted molar refractivity (Wildman–Crippen MR) is 138 cm³/mol.